The first-order valence-corrected chi connectivity index (χ1v) is 9.09. The first-order valence-electron chi connectivity index (χ1n) is 9.09. The van der Waals surface area contributed by atoms with Gasteiger partial charge in [-0.2, -0.15) is 0 Å². The summed E-state index contributed by atoms with van der Waals surface area (Å²) in [5.74, 6) is 0. The maximum atomic E-state index is 12.4. The number of hydrogen-bond donors (Lipinski definition) is 0. The van der Waals surface area contributed by atoms with E-state index in [4.69, 9.17) is 9.47 Å². The predicted octanol–water partition coefficient (Wildman–Crippen LogP) is 4.42. The van der Waals surface area contributed by atoms with Gasteiger partial charge in [-0.25, -0.2) is 9.59 Å². The van der Waals surface area contributed by atoms with Crippen molar-refractivity contribution in [2.45, 2.75) is 97.4 Å². The minimum Gasteiger partial charge on any atom is -0.444 e. The van der Waals surface area contributed by atoms with Crippen molar-refractivity contribution in [2.75, 3.05) is 13.6 Å². The number of rotatable bonds is 3. The number of carbonyl (C=O) groups is 2. The summed E-state index contributed by atoms with van der Waals surface area (Å²) in [6, 6.07) is 0.0646. The van der Waals surface area contributed by atoms with Crippen LogP contribution in [0.3, 0.4) is 0 Å². The summed E-state index contributed by atoms with van der Waals surface area (Å²) in [6.07, 6.45) is 1.94. The quantitative estimate of drug-likeness (QED) is 0.751. The fourth-order valence-electron chi connectivity index (χ4n) is 2.90. The van der Waals surface area contributed by atoms with Gasteiger partial charge in [0.2, 0.25) is 0 Å². The Kier molecular flexibility index (Phi) is 6.41. The van der Waals surface area contributed by atoms with Crippen LogP contribution in [0, 0.1) is 0 Å². The van der Waals surface area contributed by atoms with E-state index in [0.717, 1.165) is 12.8 Å². The lowest BCUT2D eigenvalue weighted by Gasteiger charge is -2.40. The molecule has 1 fully saturated rings. The van der Waals surface area contributed by atoms with Crippen LogP contribution in [0.5, 0.6) is 0 Å². The summed E-state index contributed by atoms with van der Waals surface area (Å²) in [6.45, 7) is 15.9. The van der Waals surface area contributed by atoms with Gasteiger partial charge in [0.05, 0.1) is 0 Å². The minimum atomic E-state index is -0.530. The van der Waals surface area contributed by atoms with Crippen molar-refractivity contribution in [3.05, 3.63) is 0 Å². The highest BCUT2D eigenvalue weighted by Gasteiger charge is 2.39. The molecule has 6 nitrogen and oxygen atoms in total. The first-order chi connectivity index (χ1) is 11.1. The monoisotopic (exact) mass is 356 g/mol. The number of hydrogen-bond acceptors (Lipinski definition) is 4. The Balaban J connectivity index is 2.77. The van der Waals surface area contributed by atoms with E-state index in [2.05, 4.69) is 0 Å². The largest absolute Gasteiger partial charge is 0.444 e. The molecule has 25 heavy (non-hydrogen) atoms. The molecule has 0 spiro atoms. The van der Waals surface area contributed by atoms with Gasteiger partial charge in [0.25, 0.3) is 0 Å². The van der Waals surface area contributed by atoms with Crippen LogP contribution in [0.4, 0.5) is 9.59 Å². The topological polar surface area (TPSA) is 59.1 Å². The molecule has 1 atom stereocenters. The fraction of sp³-hybridized carbons (Fsp3) is 0.895. The van der Waals surface area contributed by atoms with Crippen molar-refractivity contribution in [3.8, 4) is 0 Å². The third-order valence-corrected chi connectivity index (χ3v) is 4.32. The van der Waals surface area contributed by atoms with Gasteiger partial charge in [-0.05, 0) is 74.7 Å². The van der Waals surface area contributed by atoms with Crippen LogP contribution in [0.2, 0.25) is 0 Å². The van der Waals surface area contributed by atoms with Crippen LogP contribution in [0.15, 0.2) is 0 Å². The molecule has 0 saturated carbocycles. The van der Waals surface area contributed by atoms with Gasteiger partial charge in [-0.15, -0.1) is 0 Å². The second-order valence-corrected chi connectivity index (χ2v) is 9.53. The zero-order chi connectivity index (χ0) is 19.6. The zero-order valence-corrected chi connectivity index (χ0v) is 17.4. The van der Waals surface area contributed by atoms with E-state index in [1.54, 1.807) is 16.8 Å². The number of ether oxygens (including phenoxy) is 2. The van der Waals surface area contributed by atoms with Gasteiger partial charge in [0.1, 0.15) is 11.2 Å². The van der Waals surface area contributed by atoms with E-state index >= 15 is 0 Å². The zero-order valence-electron chi connectivity index (χ0n) is 17.4. The summed E-state index contributed by atoms with van der Waals surface area (Å²) in [4.78, 5) is 28.3. The normalized spacial score (nSPS) is 18.9. The highest BCUT2D eigenvalue weighted by atomic mass is 16.6. The molecule has 6 heteroatoms. The SMILES string of the molecule is CN(C(=O)OC(C)(C)C)C(C)(C)CC1CCCN1C(=O)OC(C)(C)C. The molecule has 0 radical (unpaired) electrons. The second kappa shape index (κ2) is 7.42. The van der Waals surface area contributed by atoms with Gasteiger partial charge in [-0.3, -0.25) is 0 Å². The lowest BCUT2D eigenvalue weighted by atomic mass is 9.92. The molecular weight excluding hydrogens is 320 g/mol. The van der Waals surface area contributed by atoms with Crippen molar-refractivity contribution in [3.63, 3.8) is 0 Å². The standard InChI is InChI=1S/C19H36N2O4/c1-17(2,3)24-15(22)20(9)19(7,8)13-14-11-10-12-21(14)16(23)25-18(4,5)6/h14H,10-13H2,1-9H3. The van der Waals surface area contributed by atoms with E-state index in [-0.39, 0.29) is 18.2 Å². The average Bonchev–Trinajstić information content (AvgIpc) is 2.81. The van der Waals surface area contributed by atoms with Crippen LogP contribution in [-0.2, 0) is 9.47 Å². The molecule has 1 aliphatic heterocycles. The molecule has 0 aromatic heterocycles. The molecule has 2 amide bonds. The summed E-state index contributed by atoms with van der Waals surface area (Å²) in [5.41, 5.74) is -1.47. The van der Waals surface area contributed by atoms with E-state index in [1.807, 2.05) is 55.4 Å². The van der Waals surface area contributed by atoms with E-state index in [9.17, 15) is 9.59 Å². The number of carbonyl (C=O) groups excluding carboxylic acids is 2. The van der Waals surface area contributed by atoms with Crippen molar-refractivity contribution < 1.29 is 19.1 Å². The summed E-state index contributed by atoms with van der Waals surface area (Å²) in [7, 11) is 1.75. The molecule has 0 bridgehead atoms. The molecule has 1 unspecified atom stereocenters. The lowest BCUT2D eigenvalue weighted by molar-refractivity contribution is 0.00151. The molecule has 0 aliphatic carbocycles. The summed E-state index contributed by atoms with van der Waals surface area (Å²) in [5, 5.41) is 0. The third kappa shape index (κ3) is 6.75. The van der Waals surface area contributed by atoms with Crippen LogP contribution >= 0.6 is 0 Å². The average molecular weight is 357 g/mol. The van der Waals surface area contributed by atoms with Crippen LogP contribution in [0.1, 0.15) is 74.7 Å². The third-order valence-electron chi connectivity index (χ3n) is 4.32. The van der Waals surface area contributed by atoms with Crippen LogP contribution in [-0.4, -0.2) is 58.4 Å². The highest BCUT2D eigenvalue weighted by Crippen LogP contribution is 2.30. The molecule has 1 aliphatic rings. The highest BCUT2D eigenvalue weighted by molar-refractivity contribution is 5.69. The lowest BCUT2D eigenvalue weighted by Crippen LogP contribution is -2.51. The predicted molar refractivity (Wildman–Crippen MR) is 98.7 cm³/mol. The van der Waals surface area contributed by atoms with Crippen LogP contribution < -0.4 is 0 Å². The summed E-state index contributed by atoms with van der Waals surface area (Å²) >= 11 is 0. The van der Waals surface area contributed by atoms with E-state index < -0.39 is 16.7 Å². The Morgan fingerprint density at radius 1 is 1.00 bits per heavy atom. The second-order valence-electron chi connectivity index (χ2n) is 9.53. The van der Waals surface area contributed by atoms with E-state index in [0.29, 0.717) is 13.0 Å². The Bertz CT molecular complexity index is 489. The summed E-state index contributed by atoms with van der Waals surface area (Å²) < 4.78 is 11.0. The molecule has 146 valence electrons. The molecule has 0 N–H and O–H groups in total. The fourth-order valence-corrected chi connectivity index (χ4v) is 2.90. The Labute approximate surface area is 152 Å². The van der Waals surface area contributed by atoms with Crippen molar-refractivity contribution in [1.82, 2.24) is 9.80 Å². The van der Waals surface area contributed by atoms with Gasteiger partial charge in [-0.1, -0.05) is 0 Å². The Morgan fingerprint density at radius 2 is 1.52 bits per heavy atom. The molecule has 0 aromatic carbocycles. The molecular formula is C19H36N2O4. The molecule has 0 aromatic rings. The maximum absolute atomic E-state index is 12.4. The maximum Gasteiger partial charge on any atom is 0.410 e. The Morgan fingerprint density at radius 3 is 2.00 bits per heavy atom. The molecule has 1 rings (SSSR count). The number of amides is 2. The van der Waals surface area contributed by atoms with E-state index in [1.165, 1.54) is 0 Å². The van der Waals surface area contributed by atoms with Crippen molar-refractivity contribution in [2.24, 2.45) is 0 Å². The smallest absolute Gasteiger partial charge is 0.410 e. The van der Waals surface area contributed by atoms with Gasteiger partial charge >= 0.3 is 12.2 Å². The minimum absolute atomic E-state index is 0.0646. The first kappa shape index (κ1) is 21.6. The van der Waals surface area contributed by atoms with Crippen molar-refractivity contribution >= 4 is 12.2 Å². The Hall–Kier alpha value is -1.46. The molecule has 1 heterocycles. The number of likely N-dealkylation sites (tertiary alicyclic amines) is 1. The van der Waals surface area contributed by atoms with Gasteiger partial charge in [0.15, 0.2) is 0 Å². The van der Waals surface area contributed by atoms with Gasteiger partial charge in [0, 0.05) is 25.2 Å². The van der Waals surface area contributed by atoms with Gasteiger partial charge < -0.3 is 19.3 Å². The molecule has 1 saturated heterocycles. The van der Waals surface area contributed by atoms with Crippen molar-refractivity contribution in [1.29, 1.82) is 0 Å². The van der Waals surface area contributed by atoms with Crippen LogP contribution in [0.25, 0.3) is 0 Å². The number of nitrogens with zero attached hydrogens (tertiary/aromatic N) is 2.